The van der Waals surface area contributed by atoms with Crippen molar-refractivity contribution in [3.8, 4) is 0 Å². The summed E-state index contributed by atoms with van der Waals surface area (Å²) in [7, 11) is -2.32. The van der Waals surface area contributed by atoms with Crippen LogP contribution in [0.5, 0.6) is 0 Å². The summed E-state index contributed by atoms with van der Waals surface area (Å²) >= 11 is 0. The van der Waals surface area contributed by atoms with Crippen molar-refractivity contribution in [1.29, 1.82) is 0 Å². The first-order chi connectivity index (χ1) is 11.6. The van der Waals surface area contributed by atoms with E-state index in [4.69, 9.17) is 10.5 Å². The van der Waals surface area contributed by atoms with Crippen LogP contribution in [0.1, 0.15) is 45.6 Å². The summed E-state index contributed by atoms with van der Waals surface area (Å²) in [5.41, 5.74) is 5.29. The second-order valence-electron chi connectivity index (χ2n) is 7.57. The van der Waals surface area contributed by atoms with E-state index < -0.39 is 21.0 Å². The highest BCUT2D eigenvalue weighted by Crippen LogP contribution is 2.49. The molecule has 2 rings (SSSR count). The number of methoxy groups -OCH3 is 1. The molecular weight excluding hydrogens is 376 g/mol. The number of benzene rings is 1. The first-order valence-electron chi connectivity index (χ1n) is 8.51. The van der Waals surface area contributed by atoms with E-state index in [2.05, 4.69) is 4.72 Å². The van der Waals surface area contributed by atoms with Gasteiger partial charge in [0.05, 0.1) is 17.4 Å². The number of esters is 1. The van der Waals surface area contributed by atoms with Gasteiger partial charge in [0.1, 0.15) is 0 Å². The molecule has 1 fully saturated rings. The fourth-order valence-electron chi connectivity index (χ4n) is 3.34. The first-order valence-corrected chi connectivity index (χ1v) is 10.00. The van der Waals surface area contributed by atoms with E-state index in [0.717, 1.165) is 18.4 Å². The third-order valence-electron chi connectivity index (χ3n) is 4.73. The smallest absolute Gasteiger partial charge is 0.316 e. The SMILES string of the molecule is COC(=O)C1(c2ccc(S(=O)(=O)NC(C)(CN)CC(C)C)cc2)CC1.Cl. The van der Waals surface area contributed by atoms with Crippen molar-refractivity contribution in [2.75, 3.05) is 13.7 Å². The maximum atomic E-state index is 12.7. The molecule has 0 heterocycles. The number of carbonyl (C=O) groups excluding carboxylic acids is 1. The highest BCUT2D eigenvalue weighted by Gasteiger charge is 2.52. The Bertz CT molecular complexity index is 730. The average molecular weight is 405 g/mol. The lowest BCUT2D eigenvalue weighted by molar-refractivity contribution is -0.143. The van der Waals surface area contributed by atoms with Crippen LogP contribution in [0, 0.1) is 5.92 Å². The summed E-state index contributed by atoms with van der Waals surface area (Å²) < 4.78 is 33.0. The predicted octanol–water partition coefficient (Wildman–Crippen LogP) is 2.35. The van der Waals surface area contributed by atoms with Crippen molar-refractivity contribution in [3.05, 3.63) is 29.8 Å². The summed E-state index contributed by atoms with van der Waals surface area (Å²) in [6, 6.07) is 6.46. The van der Waals surface area contributed by atoms with Gasteiger partial charge in [-0.15, -0.1) is 12.4 Å². The topological polar surface area (TPSA) is 98.5 Å². The normalized spacial score (nSPS) is 17.9. The van der Waals surface area contributed by atoms with E-state index in [-0.39, 0.29) is 29.8 Å². The Morgan fingerprint density at radius 1 is 1.31 bits per heavy atom. The molecule has 1 aliphatic carbocycles. The third kappa shape index (κ3) is 4.76. The molecule has 1 aromatic carbocycles. The minimum absolute atomic E-state index is 0. The van der Waals surface area contributed by atoms with E-state index in [1.165, 1.54) is 19.2 Å². The number of nitrogens with one attached hydrogen (secondary N) is 1. The maximum absolute atomic E-state index is 12.7. The Kier molecular flexibility index (Phi) is 7.26. The number of carbonyl (C=O) groups is 1. The van der Waals surface area contributed by atoms with Crippen LogP contribution in [0.3, 0.4) is 0 Å². The van der Waals surface area contributed by atoms with Gasteiger partial charge in [-0.1, -0.05) is 26.0 Å². The number of hydrogen-bond acceptors (Lipinski definition) is 5. The zero-order chi connectivity index (χ0) is 18.9. The highest BCUT2D eigenvalue weighted by molar-refractivity contribution is 7.89. The zero-order valence-corrected chi connectivity index (χ0v) is 17.4. The van der Waals surface area contributed by atoms with Gasteiger partial charge in [-0.25, -0.2) is 13.1 Å². The molecule has 0 radical (unpaired) electrons. The van der Waals surface area contributed by atoms with Gasteiger partial charge >= 0.3 is 5.97 Å². The average Bonchev–Trinajstić information content (AvgIpc) is 3.35. The number of rotatable bonds is 8. The molecule has 0 amide bonds. The standard InChI is InChI=1S/C18H28N2O4S.ClH/c1-13(2)11-17(3,12-19)20-25(22,23)15-7-5-14(6-8-15)18(9-10-18)16(21)24-4;/h5-8,13,20H,9-12,19H2,1-4H3;1H. The molecule has 1 aliphatic rings. The van der Waals surface area contributed by atoms with Crippen molar-refractivity contribution in [3.63, 3.8) is 0 Å². The quantitative estimate of drug-likeness (QED) is 0.648. The Hall–Kier alpha value is -1.15. The summed E-state index contributed by atoms with van der Waals surface area (Å²) in [5.74, 6) is 0.0438. The second kappa shape index (κ2) is 8.25. The predicted molar refractivity (Wildman–Crippen MR) is 104 cm³/mol. The van der Waals surface area contributed by atoms with Crippen molar-refractivity contribution in [1.82, 2.24) is 4.72 Å². The fourth-order valence-corrected chi connectivity index (χ4v) is 4.76. The summed E-state index contributed by atoms with van der Waals surface area (Å²) in [5, 5.41) is 0. The van der Waals surface area contributed by atoms with E-state index in [0.29, 0.717) is 12.3 Å². The van der Waals surface area contributed by atoms with Gasteiger partial charge in [0, 0.05) is 12.1 Å². The molecule has 148 valence electrons. The monoisotopic (exact) mass is 404 g/mol. The summed E-state index contributed by atoms with van der Waals surface area (Å²) in [6.45, 7) is 6.08. The molecule has 3 N–H and O–H groups in total. The van der Waals surface area contributed by atoms with Gasteiger partial charge in [0.15, 0.2) is 0 Å². The van der Waals surface area contributed by atoms with Crippen LogP contribution in [0.4, 0.5) is 0 Å². The van der Waals surface area contributed by atoms with Crippen LogP contribution in [0.15, 0.2) is 29.2 Å². The number of halogens is 1. The van der Waals surface area contributed by atoms with Gasteiger partial charge in [-0.05, 0) is 49.8 Å². The molecule has 0 spiro atoms. The molecule has 1 aromatic rings. The minimum Gasteiger partial charge on any atom is -0.468 e. The van der Waals surface area contributed by atoms with Gasteiger partial charge in [-0.2, -0.15) is 0 Å². The van der Waals surface area contributed by atoms with Crippen molar-refractivity contribution >= 4 is 28.4 Å². The number of hydrogen-bond donors (Lipinski definition) is 2. The lowest BCUT2D eigenvalue weighted by Crippen LogP contribution is -2.51. The van der Waals surface area contributed by atoms with Crippen LogP contribution >= 0.6 is 12.4 Å². The first kappa shape index (κ1) is 22.9. The highest BCUT2D eigenvalue weighted by atomic mass is 35.5. The Balaban J connectivity index is 0.00000338. The van der Waals surface area contributed by atoms with Gasteiger partial charge in [-0.3, -0.25) is 4.79 Å². The van der Waals surface area contributed by atoms with Crippen LogP contribution in [-0.4, -0.2) is 33.6 Å². The Labute approximate surface area is 162 Å². The third-order valence-corrected chi connectivity index (χ3v) is 6.39. The molecule has 1 unspecified atom stereocenters. The van der Waals surface area contributed by atoms with Gasteiger partial charge < -0.3 is 10.5 Å². The number of sulfonamides is 1. The van der Waals surface area contributed by atoms with Crippen LogP contribution in [-0.2, 0) is 25.0 Å². The summed E-state index contributed by atoms with van der Waals surface area (Å²) in [6.07, 6.45) is 2.10. The van der Waals surface area contributed by atoms with Crippen molar-refractivity contribution in [2.24, 2.45) is 11.7 Å². The van der Waals surface area contributed by atoms with Crippen molar-refractivity contribution < 1.29 is 17.9 Å². The largest absolute Gasteiger partial charge is 0.468 e. The maximum Gasteiger partial charge on any atom is 0.316 e. The molecule has 8 heteroatoms. The van der Waals surface area contributed by atoms with Crippen LogP contribution in [0.2, 0.25) is 0 Å². The van der Waals surface area contributed by atoms with Gasteiger partial charge in [0.25, 0.3) is 0 Å². The minimum atomic E-state index is -3.69. The lowest BCUT2D eigenvalue weighted by Gasteiger charge is -2.30. The molecule has 1 saturated carbocycles. The van der Waals surface area contributed by atoms with Gasteiger partial charge in [0.2, 0.25) is 10.0 Å². The number of nitrogens with two attached hydrogens (primary N) is 1. The lowest BCUT2D eigenvalue weighted by atomic mass is 9.92. The fraction of sp³-hybridized carbons (Fsp3) is 0.611. The number of ether oxygens (including phenoxy) is 1. The molecule has 1 atom stereocenters. The van der Waals surface area contributed by atoms with E-state index in [9.17, 15) is 13.2 Å². The van der Waals surface area contributed by atoms with E-state index in [1.807, 2.05) is 20.8 Å². The molecule has 0 aliphatic heterocycles. The molecule has 0 aromatic heterocycles. The van der Waals surface area contributed by atoms with E-state index in [1.54, 1.807) is 12.1 Å². The Morgan fingerprint density at radius 2 is 1.85 bits per heavy atom. The van der Waals surface area contributed by atoms with Crippen LogP contribution < -0.4 is 10.5 Å². The molecular formula is C18H29ClN2O4S. The Morgan fingerprint density at radius 3 is 2.23 bits per heavy atom. The van der Waals surface area contributed by atoms with Crippen molar-refractivity contribution in [2.45, 2.75) is 55.9 Å². The second-order valence-corrected chi connectivity index (χ2v) is 9.25. The molecule has 6 nitrogen and oxygen atoms in total. The summed E-state index contributed by atoms with van der Waals surface area (Å²) in [4.78, 5) is 12.1. The van der Waals surface area contributed by atoms with E-state index >= 15 is 0 Å². The zero-order valence-electron chi connectivity index (χ0n) is 15.7. The van der Waals surface area contributed by atoms with Crippen LogP contribution in [0.25, 0.3) is 0 Å². The molecule has 26 heavy (non-hydrogen) atoms. The molecule has 0 bridgehead atoms. The molecule has 0 saturated heterocycles.